The Labute approximate surface area is 92.4 Å². The molecule has 8 heteroatoms. The van der Waals surface area contributed by atoms with Crippen LogP contribution >= 0.6 is 7.82 Å². The maximum Gasteiger partial charge on any atom is 0.412 e. The van der Waals surface area contributed by atoms with Crippen molar-refractivity contribution in [3.63, 3.8) is 0 Å². The van der Waals surface area contributed by atoms with Crippen molar-refractivity contribution in [2.45, 2.75) is 45.4 Å². The molecule has 0 saturated carbocycles. The van der Waals surface area contributed by atoms with Crippen molar-refractivity contribution in [1.82, 2.24) is 0 Å². The van der Waals surface area contributed by atoms with Crippen molar-refractivity contribution in [1.29, 1.82) is 0 Å². The van der Waals surface area contributed by atoms with Gasteiger partial charge in [-0.3, -0.25) is 4.57 Å². The average Bonchev–Trinajstić information content (AvgIpc) is 2.13. The van der Waals surface area contributed by atoms with Crippen LogP contribution in [0.4, 0.5) is 13.2 Å². The maximum atomic E-state index is 11.7. The fourth-order valence-electron chi connectivity index (χ4n) is 1.02. The number of hydrogen-bond donors (Lipinski definition) is 0. The van der Waals surface area contributed by atoms with E-state index in [2.05, 4.69) is 9.05 Å². The molecule has 0 N–H and O–H groups in total. The lowest BCUT2D eigenvalue weighted by Gasteiger charge is -2.27. The fourth-order valence-corrected chi connectivity index (χ4v) is 2.00. The molecule has 0 aliphatic heterocycles. The minimum Gasteiger partial charge on any atom is -0.756 e. The minimum absolute atomic E-state index is 0.398. The van der Waals surface area contributed by atoms with Gasteiger partial charge in [0.1, 0.15) is 0 Å². The van der Waals surface area contributed by atoms with E-state index in [1.54, 1.807) is 6.92 Å². The van der Waals surface area contributed by atoms with Gasteiger partial charge in [0.05, 0.1) is 6.10 Å². The zero-order valence-electron chi connectivity index (χ0n) is 9.12. The van der Waals surface area contributed by atoms with E-state index in [1.807, 2.05) is 6.92 Å². The highest BCUT2D eigenvalue weighted by Gasteiger charge is 2.30. The summed E-state index contributed by atoms with van der Waals surface area (Å²) in [6.07, 6.45) is -3.78. The summed E-state index contributed by atoms with van der Waals surface area (Å²) in [5.41, 5.74) is 0. The number of halogens is 3. The van der Waals surface area contributed by atoms with Crippen LogP contribution in [0.5, 0.6) is 0 Å². The Morgan fingerprint density at radius 1 is 1.38 bits per heavy atom. The first-order chi connectivity index (χ1) is 7.20. The SMILES string of the molecule is CCCC(CC)OP(=O)([O-])OCC(F)(F)F. The lowest BCUT2D eigenvalue weighted by molar-refractivity contribution is -0.243. The number of alkyl halides is 3. The van der Waals surface area contributed by atoms with Crippen LogP contribution in [0.1, 0.15) is 33.1 Å². The predicted octanol–water partition coefficient (Wildman–Crippen LogP) is 2.63. The first kappa shape index (κ1) is 15.9. The van der Waals surface area contributed by atoms with Gasteiger partial charge in [-0.1, -0.05) is 20.3 Å². The molecule has 2 unspecified atom stereocenters. The van der Waals surface area contributed by atoms with Gasteiger partial charge < -0.3 is 13.9 Å². The zero-order valence-corrected chi connectivity index (χ0v) is 10.0. The van der Waals surface area contributed by atoms with Gasteiger partial charge in [0, 0.05) is 0 Å². The van der Waals surface area contributed by atoms with E-state index in [0.717, 1.165) is 0 Å². The van der Waals surface area contributed by atoms with Gasteiger partial charge in [0.2, 0.25) is 0 Å². The molecule has 0 heterocycles. The first-order valence-corrected chi connectivity index (χ1v) is 6.37. The number of hydrogen-bond acceptors (Lipinski definition) is 4. The molecule has 0 spiro atoms. The summed E-state index contributed by atoms with van der Waals surface area (Å²) in [5, 5.41) is 0. The Bertz CT molecular complexity index is 244. The van der Waals surface area contributed by atoms with Crippen LogP contribution in [0.15, 0.2) is 0 Å². The number of phosphoric acid groups is 1. The second-order valence-electron chi connectivity index (χ2n) is 3.26. The number of rotatable bonds is 7. The van der Waals surface area contributed by atoms with Gasteiger partial charge in [-0.25, -0.2) is 0 Å². The summed E-state index contributed by atoms with van der Waals surface area (Å²) in [4.78, 5) is 11.0. The summed E-state index contributed by atoms with van der Waals surface area (Å²) in [6, 6.07) is 0. The van der Waals surface area contributed by atoms with E-state index in [9.17, 15) is 22.6 Å². The smallest absolute Gasteiger partial charge is 0.412 e. The van der Waals surface area contributed by atoms with Crippen LogP contribution in [0.3, 0.4) is 0 Å². The van der Waals surface area contributed by atoms with Crippen molar-refractivity contribution in [2.75, 3.05) is 6.61 Å². The van der Waals surface area contributed by atoms with Crippen LogP contribution in [0.2, 0.25) is 0 Å². The molecule has 0 radical (unpaired) electrons. The van der Waals surface area contributed by atoms with Crippen molar-refractivity contribution in [3.8, 4) is 0 Å². The molecule has 2 atom stereocenters. The van der Waals surface area contributed by atoms with E-state index < -0.39 is 26.7 Å². The molecule has 0 rings (SSSR count). The maximum absolute atomic E-state index is 11.7. The Balaban J connectivity index is 4.17. The molecule has 0 aliphatic carbocycles. The van der Waals surface area contributed by atoms with Crippen LogP contribution < -0.4 is 4.89 Å². The highest BCUT2D eigenvalue weighted by molar-refractivity contribution is 7.45. The summed E-state index contributed by atoms with van der Waals surface area (Å²) < 4.78 is 54.4. The molecule has 16 heavy (non-hydrogen) atoms. The third-order valence-electron chi connectivity index (χ3n) is 1.73. The summed E-state index contributed by atoms with van der Waals surface area (Å²) in [6.45, 7) is 1.65. The Morgan fingerprint density at radius 2 is 1.94 bits per heavy atom. The van der Waals surface area contributed by atoms with Crippen molar-refractivity contribution in [2.24, 2.45) is 0 Å². The van der Waals surface area contributed by atoms with Crippen LogP contribution in [0.25, 0.3) is 0 Å². The molecule has 0 saturated heterocycles. The Morgan fingerprint density at radius 3 is 2.31 bits per heavy atom. The van der Waals surface area contributed by atoms with Crippen LogP contribution in [0, 0.1) is 0 Å². The quantitative estimate of drug-likeness (QED) is 0.662. The highest BCUT2D eigenvalue weighted by atomic mass is 31.2. The molecule has 0 aromatic rings. The fraction of sp³-hybridized carbons (Fsp3) is 1.00. The molecule has 0 aromatic heterocycles. The molecule has 0 aromatic carbocycles. The van der Waals surface area contributed by atoms with Crippen molar-refractivity contribution in [3.05, 3.63) is 0 Å². The Hall–Kier alpha value is -0.100. The number of phosphoric ester groups is 1. The summed E-state index contributed by atoms with van der Waals surface area (Å²) in [5.74, 6) is 0. The van der Waals surface area contributed by atoms with Crippen LogP contribution in [-0.4, -0.2) is 18.9 Å². The van der Waals surface area contributed by atoms with E-state index in [4.69, 9.17) is 0 Å². The zero-order chi connectivity index (χ0) is 12.8. The third kappa shape index (κ3) is 8.10. The Kier molecular flexibility index (Phi) is 6.55. The molecule has 0 fully saturated rings. The molecule has 0 aliphatic rings. The topological polar surface area (TPSA) is 58.6 Å². The molecule has 4 nitrogen and oxygen atoms in total. The van der Waals surface area contributed by atoms with Gasteiger partial charge >= 0.3 is 6.18 Å². The van der Waals surface area contributed by atoms with Gasteiger partial charge in [-0.2, -0.15) is 13.2 Å². The van der Waals surface area contributed by atoms with E-state index in [0.29, 0.717) is 19.3 Å². The highest BCUT2D eigenvalue weighted by Crippen LogP contribution is 2.42. The average molecular weight is 263 g/mol. The van der Waals surface area contributed by atoms with E-state index in [-0.39, 0.29) is 0 Å². The van der Waals surface area contributed by atoms with Gasteiger partial charge in [0.25, 0.3) is 7.82 Å². The van der Waals surface area contributed by atoms with Gasteiger partial charge in [-0.15, -0.1) is 0 Å². The second kappa shape index (κ2) is 6.59. The van der Waals surface area contributed by atoms with Gasteiger partial charge in [-0.05, 0) is 12.8 Å². The van der Waals surface area contributed by atoms with E-state index in [1.165, 1.54) is 0 Å². The van der Waals surface area contributed by atoms with Crippen molar-refractivity contribution < 1.29 is 31.7 Å². The molecule has 98 valence electrons. The lowest BCUT2D eigenvalue weighted by atomic mass is 10.2. The van der Waals surface area contributed by atoms with Crippen molar-refractivity contribution >= 4 is 7.82 Å². The van der Waals surface area contributed by atoms with Crippen LogP contribution in [-0.2, 0) is 13.6 Å². The predicted molar refractivity (Wildman–Crippen MR) is 49.7 cm³/mol. The standard InChI is InChI=1S/C8H16F3O4P/c1-3-5-7(4-2)15-16(12,13)14-6-8(9,10)11/h7H,3-6H2,1-2H3,(H,12,13)/p-1. The molecule has 0 bridgehead atoms. The minimum atomic E-state index is -4.86. The molecule has 0 amide bonds. The summed E-state index contributed by atoms with van der Waals surface area (Å²) >= 11 is 0. The summed E-state index contributed by atoms with van der Waals surface area (Å²) in [7, 11) is -4.86. The lowest BCUT2D eigenvalue weighted by Crippen LogP contribution is -2.22. The first-order valence-electron chi connectivity index (χ1n) is 4.91. The largest absolute Gasteiger partial charge is 0.756 e. The second-order valence-corrected chi connectivity index (χ2v) is 4.62. The molecular weight excluding hydrogens is 248 g/mol. The van der Waals surface area contributed by atoms with E-state index >= 15 is 0 Å². The molecular formula is C8H15F3O4P-. The monoisotopic (exact) mass is 263 g/mol. The van der Waals surface area contributed by atoms with Gasteiger partial charge in [0.15, 0.2) is 6.61 Å². The third-order valence-corrected chi connectivity index (χ3v) is 2.73. The normalized spacial score (nSPS) is 18.1.